The molecule has 1 aromatic heterocycles. The largest absolute Gasteiger partial charge is 0.401 e. The van der Waals surface area contributed by atoms with Gasteiger partial charge in [0.2, 0.25) is 0 Å². The van der Waals surface area contributed by atoms with E-state index >= 15 is 0 Å². The average Bonchev–Trinajstić information content (AvgIpc) is 3.34. The predicted molar refractivity (Wildman–Crippen MR) is 131 cm³/mol. The van der Waals surface area contributed by atoms with Crippen LogP contribution in [0.5, 0.6) is 0 Å². The Kier molecular flexibility index (Phi) is 9.92. The van der Waals surface area contributed by atoms with E-state index in [9.17, 15) is 13.2 Å². The highest BCUT2D eigenvalue weighted by atomic mass is 127. The third kappa shape index (κ3) is 7.55. The maximum Gasteiger partial charge on any atom is 0.401 e. The lowest BCUT2D eigenvalue weighted by molar-refractivity contribution is -0.146. The molecule has 1 aliphatic heterocycles. The number of nitrogens with zero attached hydrogens (tertiary/aromatic N) is 3. The molecule has 0 amide bonds. The summed E-state index contributed by atoms with van der Waals surface area (Å²) in [6.45, 7) is 4.23. The van der Waals surface area contributed by atoms with Crippen molar-refractivity contribution in [3.8, 4) is 0 Å². The molecule has 1 fully saturated rings. The number of hydrogen-bond donors (Lipinski definition) is 2. The predicted octanol–water partition coefficient (Wildman–Crippen LogP) is 4.50. The first-order valence-corrected chi connectivity index (χ1v) is 10.7. The zero-order valence-electron chi connectivity index (χ0n) is 18.2. The number of likely N-dealkylation sites (tertiary alicyclic amines) is 1. The SMILES string of the molecule is CCN(CC1CCN(C(=NC)NCCCc2c[nH]c3ccccc23)C1)CC(F)(F)F.I. The zero-order chi connectivity index (χ0) is 21.6. The van der Waals surface area contributed by atoms with Crippen LogP contribution in [0.25, 0.3) is 10.9 Å². The van der Waals surface area contributed by atoms with Gasteiger partial charge in [-0.3, -0.25) is 9.89 Å². The summed E-state index contributed by atoms with van der Waals surface area (Å²) in [7, 11) is 1.76. The molecule has 0 spiro atoms. The number of halogens is 4. The van der Waals surface area contributed by atoms with Gasteiger partial charge >= 0.3 is 6.18 Å². The smallest absolute Gasteiger partial charge is 0.361 e. The summed E-state index contributed by atoms with van der Waals surface area (Å²) in [4.78, 5) is 11.3. The van der Waals surface area contributed by atoms with E-state index < -0.39 is 12.7 Å². The fourth-order valence-corrected chi connectivity index (χ4v) is 4.25. The normalized spacial score (nSPS) is 17.4. The van der Waals surface area contributed by atoms with Crippen LogP contribution in [0.1, 0.15) is 25.3 Å². The van der Waals surface area contributed by atoms with Gasteiger partial charge < -0.3 is 15.2 Å². The number of hydrogen-bond acceptors (Lipinski definition) is 2. The van der Waals surface area contributed by atoms with Gasteiger partial charge in [0.25, 0.3) is 0 Å². The van der Waals surface area contributed by atoms with Crippen molar-refractivity contribution in [2.75, 3.05) is 46.3 Å². The molecular formula is C22H33F3IN5. The van der Waals surface area contributed by atoms with Crippen LogP contribution in [0.2, 0.25) is 0 Å². The standard InChI is InChI=1S/C22H32F3N5.HI/c1-3-29(16-22(23,24)25)14-17-10-12-30(15-17)21(26-2)27-11-6-7-18-13-28-20-9-5-4-8-19(18)20;/h4-5,8-9,13,17,28H,3,6-7,10-12,14-16H2,1-2H3,(H,26,27);1H. The highest BCUT2D eigenvalue weighted by Crippen LogP contribution is 2.22. The molecule has 2 N–H and O–H groups in total. The Morgan fingerprint density at radius 3 is 2.81 bits per heavy atom. The molecule has 9 heteroatoms. The van der Waals surface area contributed by atoms with Crippen molar-refractivity contribution in [2.45, 2.75) is 32.4 Å². The Balaban J connectivity index is 0.00000341. The van der Waals surface area contributed by atoms with Gasteiger partial charge in [-0.05, 0) is 43.4 Å². The Labute approximate surface area is 199 Å². The molecule has 1 aromatic carbocycles. The monoisotopic (exact) mass is 551 g/mol. The number of nitrogens with one attached hydrogen (secondary N) is 2. The number of benzene rings is 1. The first kappa shape index (κ1) is 25.8. The summed E-state index contributed by atoms with van der Waals surface area (Å²) in [5.41, 5.74) is 2.47. The highest BCUT2D eigenvalue weighted by molar-refractivity contribution is 14.0. The van der Waals surface area contributed by atoms with Gasteiger partial charge in [0.1, 0.15) is 0 Å². The van der Waals surface area contributed by atoms with Crippen LogP contribution in [0.3, 0.4) is 0 Å². The minimum atomic E-state index is -4.14. The van der Waals surface area contributed by atoms with Crippen LogP contribution < -0.4 is 5.32 Å². The molecule has 0 saturated carbocycles. The zero-order valence-corrected chi connectivity index (χ0v) is 20.5. The molecule has 1 aliphatic rings. The number of aromatic nitrogens is 1. The van der Waals surface area contributed by atoms with E-state index in [4.69, 9.17) is 0 Å². The van der Waals surface area contributed by atoms with Crippen LogP contribution in [-0.4, -0.2) is 73.2 Å². The van der Waals surface area contributed by atoms with Crippen LogP contribution in [0.4, 0.5) is 13.2 Å². The van der Waals surface area contributed by atoms with Crippen molar-refractivity contribution < 1.29 is 13.2 Å². The number of aromatic amines is 1. The number of aliphatic imine (C=N–C) groups is 1. The van der Waals surface area contributed by atoms with Crippen LogP contribution in [0, 0.1) is 5.92 Å². The molecule has 5 nitrogen and oxygen atoms in total. The summed E-state index contributed by atoms with van der Waals surface area (Å²) in [6.07, 6.45) is 0.777. The molecule has 31 heavy (non-hydrogen) atoms. The van der Waals surface area contributed by atoms with Gasteiger partial charge in [-0.25, -0.2) is 0 Å². The Bertz CT molecular complexity index is 836. The lowest BCUT2D eigenvalue weighted by atomic mass is 10.1. The number of para-hydroxylation sites is 1. The lowest BCUT2D eigenvalue weighted by Gasteiger charge is -2.26. The van der Waals surface area contributed by atoms with E-state index in [1.165, 1.54) is 15.8 Å². The second-order valence-electron chi connectivity index (χ2n) is 7.98. The number of alkyl halides is 3. The van der Waals surface area contributed by atoms with Crippen molar-refractivity contribution in [2.24, 2.45) is 10.9 Å². The van der Waals surface area contributed by atoms with Gasteiger partial charge in [-0.15, -0.1) is 24.0 Å². The molecule has 2 aromatic rings. The topological polar surface area (TPSA) is 46.7 Å². The Morgan fingerprint density at radius 2 is 2.10 bits per heavy atom. The fourth-order valence-electron chi connectivity index (χ4n) is 4.25. The average molecular weight is 551 g/mol. The van der Waals surface area contributed by atoms with E-state index in [2.05, 4.69) is 44.6 Å². The molecule has 1 saturated heterocycles. The maximum absolute atomic E-state index is 12.7. The lowest BCUT2D eigenvalue weighted by Crippen LogP contribution is -2.42. The van der Waals surface area contributed by atoms with Crippen molar-refractivity contribution in [3.63, 3.8) is 0 Å². The van der Waals surface area contributed by atoms with Crippen molar-refractivity contribution >= 4 is 40.8 Å². The fraction of sp³-hybridized carbons (Fsp3) is 0.591. The molecule has 174 valence electrons. The number of H-pyrrole nitrogens is 1. The number of aryl methyl sites for hydroxylation is 1. The first-order chi connectivity index (χ1) is 14.4. The molecule has 1 atom stereocenters. The van der Waals surface area contributed by atoms with Gasteiger partial charge in [-0.2, -0.15) is 13.2 Å². The summed E-state index contributed by atoms with van der Waals surface area (Å²) in [6, 6.07) is 8.30. The summed E-state index contributed by atoms with van der Waals surface area (Å²) >= 11 is 0. The minimum absolute atomic E-state index is 0. The molecule has 0 bridgehead atoms. The number of guanidine groups is 1. The van der Waals surface area contributed by atoms with E-state index in [1.807, 2.05) is 6.07 Å². The summed E-state index contributed by atoms with van der Waals surface area (Å²) in [5, 5.41) is 4.69. The highest BCUT2D eigenvalue weighted by Gasteiger charge is 2.32. The third-order valence-electron chi connectivity index (χ3n) is 5.74. The van der Waals surface area contributed by atoms with E-state index in [-0.39, 0.29) is 29.9 Å². The van der Waals surface area contributed by atoms with E-state index in [0.717, 1.165) is 50.4 Å². The van der Waals surface area contributed by atoms with Gasteiger partial charge in [0.05, 0.1) is 6.54 Å². The second-order valence-corrected chi connectivity index (χ2v) is 7.98. The molecule has 0 radical (unpaired) electrons. The summed E-state index contributed by atoms with van der Waals surface area (Å²) in [5.74, 6) is 1.08. The maximum atomic E-state index is 12.7. The third-order valence-corrected chi connectivity index (χ3v) is 5.74. The number of rotatable bonds is 8. The molecule has 0 aliphatic carbocycles. The molecule has 3 rings (SSSR count). The molecular weight excluding hydrogens is 518 g/mol. The van der Waals surface area contributed by atoms with Crippen molar-refractivity contribution in [1.82, 2.24) is 20.1 Å². The van der Waals surface area contributed by atoms with Crippen LogP contribution in [-0.2, 0) is 6.42 Å². The van der Waals surface area contributed by atoms with Gasteiger partial charge in [-0.1, -0.05) is 25.1 Å². The first-order valence-electron chi connectivity index (χ1n) is 10.7. The quantitative estimate of drug-likeness (QED) is 0.220. The van der Waals surface area contributed by atoms with Crippen molar-refractivity contribution in [1.29, 1.82) is 0 Å². The Hall–Kier alpha value is -1.49. The number of fused-ring (bicyclic) bond motifs is 1. The van der Waals surface area contributed by atoms with Crippen molar-refractivity contribution in [3.05, 3.63) is 36.0 Å². The molecule has 2 heterocycles. The molecule has 1 unspecified atom stereocenters. The van der Waals surface area contributed by atoms with Gasteiger partial charge in [0, 0.05) is 50.3 Å². The van der Waals surface area contributed by atoms with Crippen LogP contribution >= 0.6 is 24.0 Å². The summed E-state index contributed by atoms with van der Waals surface area (Å²) < 4.78 is 38.1. The van der Waals surface area contributed by atoms with E-state index in [1.54, 1.807) is 14.0 Å². The van der Waals surface area contributed by atoms with E-state index in [0.29, 0.717) is 13.1 Å². The Morgan fingerprint density at radius 1 is 1.32 bits per heavy atom. The second kappa shape index (κ2) is 11.9. The minimum Gasteiger partial charge on any atom is -0.361 e. The van der Waals surface area contributed by atoms with Crippen LogP contribution in [0.15, 0.2) is 35.5 Å². The van der Waals surface area contributed by atoms with Gasteiger partial charge in [0.15, 0.2) is 5.96 Å².